The summed E-state index contributed by atoms with van der Waals surface area (Å²) in [6.45, 7) is 3.45. The molecule has 0 bridgehead atoms. The molecule has 0 saturated carbocycles. The molecule has 4 N–H and O–H groups in total. The molecule has 1 aromatic heterocycles. The second-order valence-electron chi connectivity index (χ2n) is 5.23. The zero-order valence-electron chi connectivity index (χ0n) is 12.9. The zero-order chi connectivity index (χ0) is 17.0. The van der Waals surface area contributed by atoms with Gasteiger partial charge in [-0.15, -0.1) is 0 Å². The molecule has 0 saturated heterocycles. The number of nitrogens with two attached hydrogens (primary N) is 1. The molecule has 0 aliphatic heterocycles. The van der Waals surface area contributed by atoms with Crippen molar-refractivity contribution in [1.29, 1.82) is 0 Å². The van der Waals surface area contributed by atoms with Crippen LogP contribution >= 0.6 is 0 Å². The average Bonchev–Trinajstić information content (AvgIpc) is 2.52. The van der Waals surface area contributed by atoms with Crippen molar-refractivity contribution in [2.75, 3.05) is 18.4 Å². The molecule has 0 unspecified atom stereocenters. The summed E-state index contributed by atoms with van der Waals surface area (Å²) in [6, 6.07) is 2.64. The van der Waals surface area contributed by atoms with Crippen molar-refractivity contribution in [1.82, 2.24) is 4.57 Å². The second-order valence-corrected chi connectivity index (χ2v) is 5.23. The summed E-state index contributed by atoms with van der Waals surface area (Å²) in [6.07, 6.45) is 2.94. The summed E-state index contributed by atoms with van der Waals surface area (Å²) in [7, 11) is 0. The summed E-state index contributed by atoms with van der Waals surface area (Å²) in [5.74, 6) is -1.89. The first kappa shape index (κ1) is 17.0. The predicted molar refractivity (Wildman–Crippen MR) is 87.6 cm³/mol. The van der Waals surface area contributed by atoms with Gasteiger partial charge in [-0.3, -0.25) is 4.79 Å². The lowest BCUT2D eigenvalue weighted by Gasteiger charge is -2.13. The molecule has 2 aromatic rings. The van der Waals surface area contributed by atoms with Crippen molar-refractivity contribution in [2.24, 2.45) is 5.73 Å². The molecule has 0 radical (unpaired) electrons. The number of aryl methyl sites for hydroxylation is 1. The maximum absolute atomic E-state index is 14.2. The van der Waals surface area contributed by atoms with Gasteiger partial charge in [0.2, 0.25) is 5.43 Å². The Morgan fingerprint density at radius 3 is 2.74 bits per heavy atom. The van der Waals surface area contributed by atoms with Crippen LogP contribution in [0.15, 0.2) is 23.1 Å². The number of carboxylic acid groups (broad SMARTS) is 1. The van der Waals surface area contributed by atoms with E-state index in [-0.39, 0.29) is 10.9 Å². The molecule has 0 aliphatic carbocycles. The van der Waals surface area contributed by atoms with Gasteiger partial charge in [0, 0.05) is 24.7 Å². The van der Waals surface area contributed by atoms with Crippen molar-refractivity contribution >= 4 is 22.6 Å². The van der Waals surface area contributed by atoms with E-state index in [4.69, 9.17) is 10.8 Å². The number of hydrogen-bond donors (Lipinski definition) is 3. The van der Waals surface area contributed by atoms with Crippen LogP contribution in [0, 0.1) is 5.82 Å². The van der Waals surface area contributed by atoms with Crippen LogP contribution in [0.3, 0.4) is 0 Å². The van der Waals surface area contributed by atoms with Gasteiger partial charge in [-0.05, 0) is 38.4 Å². The molecule has 0 fully saturated rings. The van der Waals surface area contributed by atoms with E-state index in [1.807, 2.05) is 6.92 Å². The molecule has 124 valence electrons. The minimum absolute atomic E-state index is 0.0664. The number of aromatic carboxylic acids is 1. The predicted octanol–water partition coefficient (Wildman–Crippen LogP) is 2.01. The van der Waals surface area contributed by atoms with E-state index in [0.717, 1.165) is 18.9 Å². The number of nitrogens with one attached hydrogen (secondary N) is 1. The van der Waals surface area contributed by atoms with Gasteiger partial charge in [-0.25, -0.2) is 9.18 Å². The topological polar surface area (TPSA) is 97.3 Å². The van der Waals surface area contributed by atoms with Gasteiger partial charge in [0.15, 0.2) is 0 Å². The number of halogens is 1. The minimum atomic E-state index is -1.32. The van der Waals surface area contributed by atoms with Crippen LogP contribution in [-0.2, 0) is 6.54 Å². The highest BCUT2D eigenvalue weighted by Crippen LogP contribution is 2.22. The highest BCUT2D eigenvalue weighted by atomic mass is 19.1. The van der Waals surface area contributed by atoms with Crippen molar-refractivity contribution in [3.63, 3.8) is 0 Å². The van der Waals surface area contributed by atoms with Gasteiger partial charge in [-0.2, -0.15) is 0 Å². The first-order valence-corrected chi connectivity index (χ1v) is 7.53. The van der Waals surface area contributed by atoms with Crippen molar-refractivity contribution in [3.8, 4) is 0 Å². The van der Waals surface area contributed by atoms with Crippen molar-refractivity contribution in [3.05, 3.63) is 39.9 Å². The number of anilines is 1. The van der Waals surface area contributed by atoms with E-state index in [0.29, 0.717) is 30.8 Å². The van der Waals surface area contributed by atoms with Crippen molar-refractivity contribution in [2.45, 2.75) is 26.3 Å². The SMILES string of the molecule is CCn1cc(C(=O)O)c(=O)c2cc(F)c(NCCCCN)cc21. The van der Waals surface area contributed by atoms with Gasteiger partial charge in [0.25, 0.3) is 0 Å². The summed E-state index contributed by atoms with van der Waals surface area (Å²) < 4.78 is 15.8. The molecule has 23 heavy (non-hydrogen) atoms. The lowest BCUT2D eigenvalue weighted by atomic mass is 10.1. The third kappa shape index (κ3) is 3.50. The third-order valence-corrected chi connectivity index (χ3v) is 3.69. The number of aromatic nitrogens is 1. The molecule has 1 aromatic carbocycles. The van der Waals surface area contributed by atoms with E-state index in [1.54, 1.807) is 10.6 Å². The molecule has 0 atom stereocenters. The standard InChI is InChI=1S/C16H20FN3O3/c1-2-20-9-11(16(22)23)15(21)10-7-12(17)13(8-14(10)20)19-6-4-3-5-18/h7-9,19H,2-6,18H2,1H3,(H,22,23). The summed E-state index contributed by atoms with van der Waals surface area (Å²) >= 11 is 0. The maximum Gasteiger partial charge on any atom is 0.341 e. The van der Waals surface area contributed by atoms with Gasteiger partial charge in [0.1, 0.15) is 11.4 Å². The molecule has 1 heterocycles. The average molecular weight is 321 g/mol. The van der Waals surface area contributed by atoms with E-state index in [2.05, 4.69) is 5.32 Å². The molecule has 7 heteroatoms. The molecular formula is C16H20FN3O3. The quantitative estimate of drug-likeness (QED) is 0.678. The van der Waals surface area contributed by atoms with Crippen LogP contribution in [0.5, 0.6) is 0 Å². The fourth-order valence-corrected chi connectivity index (χ4v) is 2.45. The Hall–Kier alpha value is -2.41. The van der Waals surface area contributed by atoms with Gasteiger partial charge in [0.05, 0.1) is 11.2 Å². The van der Waals surface area contributed by atoms with E-state index < -0.39 is 17.2 Å². The summed E-state index contributed by atoms with van der Waals surface area (Å²) in [5.41, 5.74) is 5.18. The number of carboxylic acids is 1. The number of carbonyl (C=O) groups is 1. The highest BCUT2D eigenvalue weighted by molar-refractivity contribution is 5.93. The number of unbranched alkanes of at least 4 members (excludes halogenated alkanes) is 1. The zero-order valence-corrected chi connectivity index (χ0v) is 12.9. The van der Waals surface area contributed by atoms with Crippen LogP contribution in [0.25, 0.3) is 10.9 Å². The Labute approximate surface area is 132 Å². The fraction of sp³-hybridized carbons (Fsp3) is 0.375. The number of fused-ring (bicyclic) bond motifs is 1. The van der Waals surface area contributed by atoms with Crippen molar-refractivity contribution < 1.29 is 14.3 Å². The Morgan fingerprint density at radius 2 is 2.13 bits per heavy atom. The normalized spacial score (nSPS) is 10.9. The lowest BCUT2D eigenvalue weighted by Crippen LogP contribution is -2.19. The minimum Gasteiger partial charge on any atom is -0.477 e. The van der Waals surface area contributed by atoms with E-state index in [1.165, 1.54) is 6.20 Å². The van der Waals surface area contributed by atoms with Gasteiger partial charge >= 0.3 is 5.97 Å². The van der Waals surface area contributed by atoms with E-state index in [9.17, 15) is 14.0 Å². The van der Waals surface area contributed by atoms with Crippen LogP contribution in [-0.4, -0.2) is 28.7 Å². The van der Waals surface area contributed by atoms with Gasteiger partial charge < -0.3 is 20.7 Å². The number of hydrogen-bond acceptors (Lipinski definition) is 4. The Balaban J connectivity index is 2.52. The maximum atomic E-state index is 14.2. The molecular weight excluding hydrogens is 301 g/mol. The molecule has 0 aliphatic rings. The second kappa shape index (κ2) is 7.23. The van der Waals surface area contributed by atoms with Crippen LogP contribution in [0.4, 0.5) is 10.1 Å². The Kier molecular flexibility index (Phi) is 5.33. The van der Waals surface area contributed by atoms with Crippen LogP contribution in [0.2, 0.25) is 0 Å². The Bertz CT molecular complexity index is 786. The smallest absolute Gasteiger partial charge is 0.341 e. The number of nitrogens with zero attached hydrogens (tertiary/aromatic N) is 1. The first-order chi connectivity index (χ1) is 11.0. The van der Waals surface area contributed by atoms with Crippen LogP contribution in [0.1, 0.15) is 30.1 Å². The molecule has 6 nitrogen and oxygen atoms in total. The lowest BCUT2D eigenvalue weighted by molar-refractivity contribution is 0.0695. The highest BCUT2D eigenvalue weighted by Gasteiger charge is 2.16. The summed E-state index contributed by atoms with van der Waals surface area (Å²) in [4.78, 5) is 23.4. The van der Waals surface area contributed by atoms with Crippen LogP contribution < -0.4 is 16.5 Å². The molecule has 0 amide bonds. The number of pyridine rings is 1. The fourth-order valence-electron chi connectivity index (χ4n) is 2.45. The van der Waals surface area contributed by atoms with E-state index >= 15 is 0 Å². The third-order valence-electron chi connectivity index (χ3n) is 3.69. The Morgan fingerprint density at radius 1 is 1.39 bits per heavy atom. The monoisotopic (exact) mass is 321 g/mol. The summed E-state index contributed by atoms with van der Waals surface area (Å²) in [5, 5.41) is 12.2. The number of rotatable bonds is 7. The number of benzene rings is 1. The largest absolute Gasteiger partial charge is 0.477 e. The molecule has 0 spiro atoms. The molecule has 2 rings (SSSR count). The van der Waals surface area contributed by atoms with Gasteiger partial charge in [-0.1, -0.05) is 0 Å². The first-order valence-electron chi connectivity index (χ1n) is 7.53.